The maximum Gasteiger partial charge on any atom is 0.332 e. The summed E-state index contributed by atoms with van der Waals surface area (Å²) >= 11 is 3.61. The van der Waals surface area contributed by atoms with E-state index in [9.17, 15) is 9.59 Å². The molecular weight excluding hydrogens is 168 g/mol. The number of carboxylic acid groups (broad SMARTS) is 1. The molecule has 0 aliphatic heterocycles. The van der Waals surface area contributed by atoms with E-state index in [0.717, 1.165) is 0 Å². The van der Waals surface area contributed by atoms with E-state index < -0.39 is 23.8 Å². The lowest BCUT2D eigenvalue weighted by Gasteiger charge is -2.19. The predicted octanol–water partition coefficient (Wildman–Crippen LogP) is -1.77. The Balaban J connectivity index is 4.59. The van der Waals surface area contributed by atoms with Crippen LogP contribution in [0.1, 0.15) is 0 Å². The number of nitrogens with two attached hydrogens (primary N) is 2. The minimum Gasteiger partial charge on any atom is -0.479 e. The van der Waals surface area contributed by atoms with Crippen molar-refractivity contribution in [3.05, 3.63) is 0 Å². The summed E-state index contributed by atoms with van der Waals surface area (Å²) in [7, 11) is 0. The van der Waals surface area contributed by atoms with Crippen molar-refractivity contribution in [3.63, 3.8) is 0 Å². The number of rotatable bonds is 4. The van der Waals surface area contributed by atoms with Crippen LogP contribution in [0.15, 0.2) is 0 Å². The summed E-state index contributed by atoms with van der Waals surface area (Å²) in [6.07, 6.45) is 0. The summed E-state index contributed by atoms with van der Waals surface area (Å²) in [5, 5.41) is 8.47. The van der Waals surface area contributed by atoms with Crippen molar-refractivity contribution >= 4 is 24.4 Å². The molecule has 1 unspecified atom stereocenters. The zero-order valence-electron chi connectivity index (χ0n) is 5.78. The molecule has 6 heteroatoms. The molecule has 0 amide bonds. The van der Waals surface area contributed by atoms with Crippen LogP contribution in [0.25, 0.3) is 0 Å². The fraction of sp³-hybridized carbons (Fsp3) is 0.600. The Morgan fingerprint density at radius 1 is 1.55 bits per heavy atom. The SMILES string of the molecule is NCC(N)(C(=O)O)C(=O)CS. The van der Waals surface area contributed by atoms with Gasteiger partial charge in [-0.2, -0.15) is 12.6 Å². The van der Waals surface area contributed by atoms with Gasteiger partial charge in [-0.25, -0.2) is 4.79 Å². The molecule has 5 N–H and O–H groups in total. The lowest BCUT2D eigenvalue weighted by atomic mass is 9.97. The Bertz CT molecular complexity index is 185. The van der Waals surface area contributed by atoms with Crippen LogP contribution in [-0.2, 0) is 9.59 Å². The first-order valence-corrected chi connectivity index (χ1v) is 3.48. The highest BCUT2D eigenvalue weighted by molar-refractivity contribution is 7.81. The smallest absolute Gasteiger partial charge is 0.332 e. The number of hydrogen-bond donors (Lipinski definition) is 4. The van der Waals surface area contributed by atoms with Crippen LogP contribution in [0, 0.1) is 0 Å². The maximum atomic E-state index is 10.8. The monoisotopic (exact) mass is 178 g/mol. The molecule has 1 atom stereocenters. The topological polar surface area (TPSA) is 106 Å². The second-order valence-electron chi connectivity index (χ2n) is 2.06. The number of hydrogen-bond acceptors (Lipinski definition) is 5. The molecule has 0 aliphatic rings. The van der Waals surface area contributed by atoms with Crippen LogP contribution in [-0.4, -0.2) is 34.7 Å². The van der Waals surface area contributed by atoms with Crippen LogP contribution >= 0.6 is 12.6 Å². The van der Waals surface area contributed by atoms with Gasteiger partial charge in [0.05, 0.1) is 5.75 Å². The van der Waals surface area contributed by atoms with Gasteiger partial charge in [0, 0.05) is 6.54 Å². The molecular formula is C5H10N2O3S. The van der Waals surface area contributed by atoms with Crippen molar-refractivity contribution in [2.24, 2.45) is 11.5 Å². The van der Waals surface area contributed by atoms with Crippen molar-refractivity contribution in [1.82, 2.24) is 0 Å². The number of carbonyl (C=O) groups excluding carboxylic acids is 1. The van der Waals surface area contributed by atoms with E-state index in [2.05, 4.69) is 12.6 Å². The van der Waals surface area contributed by atoms with Gasteiger partial charge in [0.2, 0.25) is 0 Å². The van der Waals surface area contributed by atoms with Gasteiger partial charge in [0.15, 0.2) is 11.3 Å². The quantitative estimate of drug-likeness (QED) is 0.301. The molecule has 0 rings (SSSR count). The van der Waals surface area contributed by atoms with E-state index in [0.29, 0.717) is 0 Å². The molecule has 0 saturated heterocycles. The van der Waals surface area contributed by atoms with Gasteiger partial charge in [-0.05, 0) is 0 Å². The van der Waals surface area contributed by atoms with E-state index in [1.807, 2.05) is 0 Å². The standard InChI is InChI=1S/C5H10N2O3S/c6-2-5(7,4(9)10)3(8)1-11/h11H,1-2,6-7H2,(H,9,10). The molecule has 0 aliphatic carbocycles. The first-order chi connectivity index (χ1) is 4.99. The highest BCUT2D eigenvalue weighted by Gasteiger charge is 2.39. The van der Waals surface area contributed by atoms with E-state index in [4.69, 9.17) is 16.6 Å². The van der Waals surface area contributed by atoms with Crippen LogP contribution in [0.3, 0.4) is 0 Å². The summed E-state index contributed by atoms with van der Waals surface area (Å²) in [5.41, 5.74) is 8.22. The second-order valence-corrected chi connectivity index (χ2v) is 2.38. The Morgan fingerprint density at radius 3 is 2.09 bits per heavy atom. The Labute approximate surface area is 69.2 Å². The number of Topliss-reactive ketones (excluding diaryl/α,β-unsaturated/α-hetero) is 1. The van der Waals surface area contributed by atoms with Crippen molar-refractivity contribution in [2.75, 3.05) is 12.3 Å². The summed E-state index contributed by atoms with van der Waals surface area (Å²) in [4.78, 5) is 21.2. The third-order valence-corrected chi connectivity index (χ3v) is 1.63. The van der Waals surface area contributed by atoms with E-state index in [1.165, 1.54) is 0 Å². The van der Waals surface area contributed by atoms with Crippen molar-refractivity contribution in [2.45, 2.75) is 5.54 Å². The highest BCUT2D eigenvalue weighted by Crippen LogP contribution is 2.01. The Hall–Kier alpha value is -0.590. The molecule has 0 saturated carbocycles. The summed E-state index contributed by atoms with van der Waals surface area (Å²) in [6, 6.07) is 0. The molecule has 5 nitrogen and oxygen atoms in total. The van der Waals surface area contributed by atoms with Gasteiger partial charge in [-0.3, -0.25) is 4.79 Å². The number of aliphatic carboxylic acids is 1. The van der Waals surface area contributed by atoms with Crippen LogP contribution in [0.4, 0.5) is 0 Å². The van der Waals surface area contributed by atoms with Gasteiger partial charge >= 0.3 is 5.97 Å². The average Bonchev–Trinajstić information content (AvgIpc) is 2.01. The lowest BCUT2D eigenvalue weighted by molar-refractivity contribution is -0.147. The molecule has 0 aromatic rings. The van der Waals surface area contributed by atoms with E-state index in [-0.39, 0.29) is 5.75 Å². The molecule has 64 valence electrons. The molecule has 11 heavy (non-hydrogen) atoms. The van der Waals surface area contributed by atoms with E-state index >= 15 is 0 Å². The molecule has 0 bridgehead atoms. The van der Waals surface area contributed by atoms with Gasteiger partial charge in [0.1, 0.15) is 0 Å². The zero-order valence-corrected chi connectivity index (χ0v) is 6.67. The fourth-order valence-electron chi connectivity index (χ4n) is 0.461. The average molecular weight is 178 g/mol. The van der Waals surface area contributed by atoms with Crippen LogP contribution < -0.4 is 11.5 Å². The largest absolute Gasteiger partial charge is 0.479 e. The summed E-state index contributed by atoms with van der Waals surface area (Å²) < 4.78 is 0. The number of carbonyl (C=O) groups is 2. The summed E-state index contributed by atoms with van der Waals surface area (Å²) in [5.74, 6) is -2.32. The summed E-state index contributed by atoms with van der Waals surface area (Å²) in [6.45, 7) is -0.415. The minimum atomic E-state index is -1.97. The Morgan fingerprint density at radius 2 is 2.00 bits per heavy atom. The molecule has 0 spiro atoms. The maximum absolute atomic E-state index is 10.8. The van der Waals surface area contributed by atoms with Gasteiger partial charge < -0.3 is 16.6 Å². The van der Waals surface area contributed by atoms with Crippen molar-refractivity contribution in [1.29, 1.82) is 0 Å². The zero-order chi connectivity index (χ0) is 9.07. The van der Waals surface area contributed by atoms with Crippen molar-refractivity contribution < 1.29 is 14.7 Å². The normalized spacial score (nSPS) is 15.5. The number of ketones is 1. The molecule has 0 heterocycles. The van der Waals surface area contributed by atoms with Crippen LogP contribution in [0.5, 0.6) is 0 Å². The molecule has 0 fully saturated rings. The highest BCUT2D eigenvalue weighted by atomic mass is 32.1. The van der Waals surface area contributed by atoms with Crippen molar-refractivity contribution in [3.8, 4) is 0 Å². The fourth-order valence-corrected chi connectivity index (χ4v) is 0.744. The predicted molar refractivity (Wildman–Crippen MR) is 42.5 cm³/mol. The lowest BCUT2D eigenvalue weighted by Crippen LogP contribution is -2.60. The van der Waals surface area contributed by atoms with Gasteiger partial charge in [-0.15, -0.1) is 0 Å². The molecule has 0 aromatic heterocycles. The third kappa shape index (κ3) is 1.92. The number of thiol groups is 1. The van der Waals surface area contributed by atoms with Gasteiger partial charge in [-0.1, -0.05) is 0 Å². The second kappa shape index (κ2) is 3.70. The minimum absolute atomic E-state index is 0.222. The molecule has 0 aromatic carbocycles. The van der Waals surface area contributed by atoms with E-state index in [1.54, 1.807) is 0 Å². The third-order valence-electron chi connectivity index (χ3n) is 1.34. The van der Waals surface area contributed by atoms with Crippen LogP contribution in [0.2, 0.25) is 0 Å². The molecule has 0 radical (unpaired) electrons. The first-order valence-electron chi connectivity index (χ1n) is 2.85. The Kier molecular flexibility index (Phi) is 3.50. The van der Waals surface area contributed by atoms with Gasteiger partial charge in [0.25, 0.3) is 0 Å². The number of carboxylic acids is 1. The first kappa shape index (κ1) is 10.4.